The van der Waals surface area contributed by atoms with Gasteiger partial charge in [-0.15, -0.1) is 0 Å². The van der Waals surface area contributed by atoms with Crippen molar-refractivity contribution in [3.05, 3.63) is 0 Å². The van der Waals surface area contributed by atoms with Crippen LogP contribution in [0.25, 0.3) is 0 Å². The maximum absolute atomic E-state index is 13.5. The highest BCUT2D eigenvalue weighted by Gasteiger charge is 2.53. The Morgan fingerprint density at radius 2 is 0.895 bits per heavy atom. The second kappa shape index (κ2) is 12.7. The summed E-state index contributed by atoms with van der Waals surface area (Å²) in [6, 6.07) is 0. The predicted octanol–water partition coefficient (Wildman–Crippen LogP) is -2.88. The molecule has 0 aromatic carbocycles. The van der Waals surface area contributed by atoms with Crippen LogP contribution in [0.1, 0.15) is 0 Å². The lowest BCUT2D eigenvalue weighted by Gasteiger charge is -2.24. The Balaban J connectivity index is 5.28. The first kappa shape index (κ1) is 35.7. The Bertz CT molecular complexity index is 1150. The lowest BCUT2D eigenvalue weighted by atomic mass is 10.3. The molecule has 0 aliphatic rings. The minimum Gasteiger partial charge on any atom is -0.350 e. The van der Waals surface area contributed by atoms with Crippen molar-refractivity contribution in [1.82, 2.24) is 20.9 Å². The van der Waals surface area contributed by atoms with Gasteiger partial charge in [0.1, 0.15) is 5.75 Å². The average Bonchev–Trinajstić information content (AvgIpc) is 2.69. The summed E-state index contributed by atoms with van der Waals surface area (Å²) in [6.45, 7) is -4.55. The van der Waals surface area contributed by atoms with Crippen molar-refractivity contribution < 1.29 is 79.6 Å². The molecule has 3 amide bonds. The molecule has 38 heavy (non-hydrogen) atoms. The molecule has 0 spiro atoms. The molecule has 0 rings (SSSR count). The van der Waals surface area contributed by atoms with Gasteiger partial charge in [-0.25, -0.2) is 0 Å². The van der Waals surface area contributed by atoms with Gasteiger partial charge in [0.25, 0.3) is 16.0 Å². The van der Waals surface area contributed by atoms with Crippen molar-refractivity contribution >= 4 is 48.1 Å². The van der Waals surface area contributed by atoms with Crippen LogP contribution in [0, 0.1) is 0 Å². The van der Waals surface area contributed by atoms with Crippen LogP contribution in [0.2, 0.25) is 0 Å². The van der Waals surface area contributed by atoms with Crippen LogP contribution in [-0.2, 0) is 44.7 Å². The Morgan fingerprint density at radius 3 is 1.16 bits per heavy atom. The maximum atomic E-state index is 13.5. The van der Waals surface area contributed by atoms with Gasteiger partial charge in [-0.05, 0) is 0 Å². The summed E-state index contributed by atoms with van der Waals surface area (Å²) in [7, 11) is -17.7. The number of carbonyl (C=O) groups is 3. The fraction of sp³-hybridized carbons (Fsp3) is 0.769. The largest absolute Gasteiger partial charge is 0.446 e. The first-order chi connectivity index (χ1) is 16.8. The summed E-state index contributed by atoms with van der Waals surface area (Å²) in [6.07, 6.45) is 0. The van der Waals surface area contributed by atoms with Gasteiger partial charge < -0.3 is 16.0 Å². The third-order valence-electron chi connectivity index (χ3n) is 4.01. The van der Waals surface area contributed by atoms with E-state index in [9.17, 15) is 66.0 Å². The highest BCUT2D eigenvalue weighted by molar-refractivity contribution is 7.88. The number of nitrogens with zero attached hydrogens (tertiary/aromatic N) is 1. The van der Waals surface area contributed by atoms with Gasteiger partial charge in [0.15, 0.2) is 0 Å². The summed E-state index contributed by atoms with van der Waals surface area (Å²) >= 11 is 0. The van der Waals surface area contributed by atoms with Crippen LogP contribution >= 0.6 is 0 Å². The fourth-order valence-corrected chi connectivity index (χ4v) is 3.38. The third kappa shape index (κ3) is 10.8. The topological polar surface area (TPSA) is 254 Å². The van der Waals surface area contributed by atoms with Crippen molar-refractivity contribution in [3.8, 4) is 0 Å². The van der Waals surface area contributed by atoms with Crippen LogP contribution in [0.5, 0.6) is 0 Å². The summed E-state index contributed by atoms with van der Waals surface area (Å²) in [5.74, 6) is -14.2. The van der Waals surface area contributed by atoms with Crippen molar-refractivity contribution in [2.75, 3.05) is 45.0 Å². The highest BCUT2D eigenvalue weighted by atomic mass is 32.2. The van der Waals surface area contributed by atoms with E-state index >= 15 is 0 Å². The van der Waals surface area contributed by atoms with E-state index in [0.717, 1.165) is 4.90 Å². The second-order valence-corrected chi connectivity index (χ2v) is 11.4. The van der Waals surface area contributed by atoms with E-state index in [4.69, 9.17) is 13.7 Å². The van der Waals surface area contributed by atoms with E-state index in [0.29, 0.717) is 0 Å². The van der Waals surface area contributed by atoms with Crippen molar-refractivity contribution in [2.45, 2.75) is 16.4 Å². The predicted molar refractivity (Wildman–Crippen MR) is 110 cm³/mol. The summed E-state index contributed by atoms with van der Waals surface area (Å²) in [4.78, 5) is 34.9. The average molecular weight is 635 g/mol. The van der Waals surface area contributed by atoms with Crippen molar-refractivity contribution in [3.63, 3.8) is 0 Å². The molecular weight excluding hydrogens is 614 g/mol. The number of alkyl halides is 6. The molecule has 16 nitrogen and oxygen atoms in total. The lowest BCUT2D eigenvalue weighted by Crippen LogP contribution is -2.51. The smallest absolute Gasteiger partial charge is 0.350 e. The molecule has 0 atom stereocenters. The van der Waals surface area contributed by atoms with Gasteiger partial charge >= 0.3 is 48.5 Å². The third-order valence-corrected chi connectivity index (χ3v) is 6.41. The Morgan fingerprint density at radius 1 is 0.605 bits per heavy atom. The first-order valence-corrected chi connectivity index (χ1v) is 13.8. The quantitative estimate of drug-likeness (QED) is 0.0738. The molecule has 0 heterocycles. The molecule has 0 saturated heterocycles. The summed E-state index contributed by atoms with van der Waals surface area (Å²) in [5, 5.41) is -6.34. The summed E-state index contributed by atoms with van der Waals surface area (Å²) < 4.78 is 168. The van der Waals surface area contributed by atoms with Crippen molar-refractivity contribution in [1.29, 1.82) is 0 Å². The van der Waals surface area contributed by atoms with Crippen LogP contribution in [0.4, 0.5) is 26.3 Å². The Hall–Kier alpha value is -2.32. The van der Waals surface area contributed by atoms with Gasteiger partial charge in [0, 0.05) is 39.3 Å². The monoisotopic (exact) mass is 634 g/mol. The Kier molecular flexibility index (Phi) is 11.9. The minimum atomic E-state index is -6.18. The van der Waals surface area contributed by atoms with E-state index in [2.05, 4.69) is 0 Å². The zero-order chi connectivity index (χ0) is 30.4. The van der Waals surface area contributed by atoms with Crippen molar-refractivity contribution in [2.24, 2.45) is 0 Å². The van der Waals surface area contributed by atoms with E-state index in [1.807, 2.05) is 0 Å². The van der Waals surface area contributed by atoms with Crippen LogP contribution in [0.3, 0.4) is 0 Å². The number of halogens is 6. The number of carbonyl (C=O) groups excluding carboxylic acids is 3. The number of hydrogen-bond donors (Lipinski definition) is 6. The molecule has 0 saturated carbocycles. The van der Waals surface area contributed by atoms with E-state index in [1.54, 1.807) is 0 Å². The standard InChI is InChI=1S/C13H20F6N4O12S3/c14-11(15,7-36(27,28)29)8(24)20-1-4-23(5-2-21-9(25)12(16,17)37(30,31)32)6-3-22-10(26)13(18,19)38(33,34)35/h1-7H2,(H,20,24)(H,21,25)(H,22,26)(H,27,28,29)(H,30,31,32)(H,33,34,35). The van der Waals surface area contributed by atoms with E-state index in [-0.39, 0.29) is 0 Å². The second-order valence-electron chi connectivity index (χ2n) is 7.02. The molecular formula is C13H20F6N4O12S3. The van der Waals surface area contributed by atoms with Gasteiger partial charge in [-0.2, -0.15) is 51.6 Å². The number of amides is 3. The number of rotatable bonds is 16. The zero-order valence-corrected chi connectivity index (χ0v) is 20.9. The SMILES string of the molecule is O=C(NCCN(CCNC(=O)C(F)(F)S(=O)(=O)O)CCNC(=O)C(F)(F)S(=O)(=O)O)C(F)(F)CS(=O)(=O)O. The molecule has 0 aliphatic carbocycles. The minimum absolute atomic E-state index is 0.622. The van der Waals surface area contributed by atoms with E-state index in [1.165, 1.54) is 16.0 Å². The molecule has 0 aliphatic heterocycles. The number of nitrogens with one attached hydrogen (secondary N) is 3. The van der Waals surface area contributed by atoms with Gasteiger partial charge in [-0.3, -0.25) is 32.9 Å². The fourth-order valence-electron chi connectivity index (χ4n) is 2.18. The van der Waals surface area contributed by atoms with Gasteiger partial charge in [0.05, 0.1) is 0 Å². The highest BCUT2D eigenvalue weighted by Crippen LogP contribution is 2.21. The molecule has 224 valence electrons. The first-order valence-electron chi connectivity index (χ1n) is 9.35. The molecule has 0 bridgehead atoms. The van der Waals surface area contributed by atoms with Crippen LogP contribution in [-0.4, -0.2) is 123 Å². The normalized spacial score (nSPS) is 13.7. The Labute approximate surface area is 210 Å². The lowest BCUT2D eigenvalue weighted by molar-refractivity contribution is -0.142. The molecule has 6 N–H and O–H groups in total. The molecule has 0 aromatic heterocycles. The van der Waals surface area contributed by atoms with Gasteiger partial charge in [0.2, 0.25) is 0 Å². The molecule has 0 aromatic rings. The molecule has 0 radical (unpaired) electrons. The summed E-state index contributed by atoms with van der Waals surface area (Å²) in [5.41, 5.74) is 0. The maximum Gasteiger partial charge on any atom is 0.446 e. The number of hydrogen-bond acceptors (Lipinski definition) is 10. The molecule has 25 heteroatoms. The molecule has 0 unspecified atom stereocenters. The van der Waals surface area contributed by atoms with Crippen LogP contribution < -0.4 is 16.0 Å². The van der Waals surface area contributed by atoms with Gasteiger partial charge in [-0.1, -0.05) is 0 Å². The molecule has 0 fully saturated rings. The zero-order valence-electron chi connectivity index (χ0n) is 18.4. The van der Waals surface area contributed by atoms with Crippen LogP contribution in [0.15, 0.2) is 0 Å². The van der Waals surface area contributed by atoms with E-state index < -0.39 is 110 Å².